The van der Waals surface area contributed by atoms with Crippen LogP contribution in [0.2, 0.25) is 0 Å². The van der Waals surface area contributed by atoms with Gasteiger partial charge in [0, 0.05) is 31.7 Å². The van der Waals surface area contributed by atoms with E-state index in [1.54, 1.807) is 0 Å². The summed E-state index contributed by atoms with van der Waals surface area (Å²) >= 11 is 0. The van der Waals surface area contributed by atoms with E-state index in [2.05, 4.69) is 19.2 Å². The maximum atomic E-state index is 11.6. The summed E-state index contributed by atoms with van der Waals surface area (Å²) in [6.45, 7) is 5.12. The van der Waals surface area contributed by atoms with E-state index in [0.29, 0.717) is 12.5 Å². The first-order valence-corrected chi connectivity index (χ1v) is 6.84. The maximum Gasteiger partial charge on any atom is 0.253 e. The van der Waals surface area contributed by atoms with E-state index in [-0.39, 0.29) is 30.7 Å². The average molecular weight is 266 g/mol. The second kappa shape index (κ2) is 7.71. The van der Waals surface area contributed by atoms with Gasteiger partial charge < -0.3 is 5.32 Å². The van der Waals surface area contributed by atoms with E-state index in [0.717, 1.165) is 17.7 Å². The lowest BCUT2D eigenvalue weighted by molar-refractivity contribution is -0.137. The number of amides is 3. The number of hydrogen-bond donors (Lipinski definition) is 1. The number of hydrogen-bond acceptors (Lipinski definition) is 3. The van der Waals surface area contributed by atoms with Crippen LogP contribution in [-0.4, -0.2) is 35.7 Å². The first-order chi connectivity index (χ1) is 9.04. The Labute approximate surface area is 114 Å². The van der Waals surface area contributed by atoms with Crippen LogP contribution in [0.5, 0.6) is 0 Å². The van der Waals surface area contributed by atoms with Gasteiger partial charge in [-0.05, 0) is 12.3 Å². The van der Waals surface area contributed by atoms with Gasteiger partial charge in [-0.15, -0.1) is 0 Å². The fourth-order valence-corrected chi connectivity index (χ4v) is 2.05. The highest BCUT2D eigenvalue weighted by Gasteiger charge is 2.23. The third kappa shape index (κ3) is 5.24. The van der Waals surface area contributed by atoms with Gasteiger partial charge in [-0.3, -0.25) is 19.3 Å². The molecule has 1 aliphatic heterocycles. The van der Waals surface area contributed by atoms with Gasteiger partial charge in [0.05, 0.1) is 0 Å². The van der Waals surface area contributed by atoms with Gasteiger partial charge in [-0.1, -0.05) is 26.7 Å². The molecular formula is C14H22N2O3. The molecular weight excluding hydrogens is 244 g/mol. The number of carbonyl (C=O) groups excluding carboxylic acids is 3. The maximum absolute atomic E-state index is 11.6. The zero-order chi connectivity index (χ0) is 14.3. The summed E-state index contributed by atoms with van der Waals surface area (Å²) in [5.74, 6) is -0.184. The van der Waals surface area contributed by atoms with Crippen LogP contribution in [0.3, 0.4) is 0 Å². The van der Waals surface area contributed by atoms with Crippen LogP contribution in [0.25, 0.3) is 0 Å². The summed E-state index contributed by atoms with van der Waals surface area (Å²) in [6, 6.07) is 0. The molecule has 0 spiro atoms. The van der Waals surface area contributed by atoms with E-state index in [1.807, 2.05) is 0 Å². The van der Waals surface area contributed by atoms with Crippen molar-refractivity contribution >= 4 is 17.7 Å². The molecule has 0 saturated carbocycles. The Morgan fingerprint density at radius 3 is 2.47 bits per heavy atom. The van der Waals surface area contributed by atoms with Gasteiger partial charge in [-0.2, -0.15) is 0 Å². The van der Waals surface area contributed by atoms with Crippen molar-refractivity contribution in [3.05, 3.63) is 12.2 Å². The highest BCUT2D eigenvalue weighted by atomic mass is 16.2. The SMILES string of the molecule is CCCC(C)CCNC(=O)CCN1C(=O)C=CC1=O. The summed E-state index contributed by atoms with van der Waals surface area (Å²) in [7, 11) is 0. The van der Waals surface area contributed by atoms with E-state index in [4.69, 9.17) is 0 Å². The molecule has 0 saturated heterocycles. The summed E-state index contributed by atoms with van der Waals surface area (Å²) < 4.78 is 0. The van der Waals surface area contributed by atoms with Crippen LogP contribution < -0.4 is 5.32 Å². The fourth-order valence-electron chi connectivity index (χ4n) is 2.05. The smallest absolute Gasteiger partial charge is 0.253 e. The molecule has 106 valence electrons. The molecule has 3 amide bonds. The standard InChI is InChI=1S/C14H22N2O3/c1-3-4-11(2)7-9-15-12(17)8-10-16-13(18)5-6-14(16)19/h5-6,11H,3-4,7-10H2,1-2H3,(H,15,17). The molecule has 0 aromatic carbocycles. The lowest BCUT2D eigenvalue weighted by Gasteiger charge is -2.14. The van der Waals surface area contributed by atoms with Crippen molar-refractivity contribution in [2.45, 2.75) is 39.5 Å². The van der Waals surface area contributed by atoms with E-state index in [9.17, 15) is 14.4 Å². The molecule has 19 heavy (non-hydrogen) atoms. The Morgan fingerprint density at radius 2 is 1.89 bits per heavy atom. The topological polar surface area (TPSA) is 66.5 Å². The third-order valence-electron chi connectivity index (χ3n) is 3.20. The lowest BCUT2D eigenvalue weighted by atomic mass is 10.0. The summed E-state index contributed by atoms with van der Waals surface area (Å²) in [4.78, 5) is 35.2. The Hall–Kier alpha value is -1.65. The van der Waals surface area contributed by atoms with Crippen molar-refractivity contribution in [2.75, 3.05) is 13.1 Å². The van der Waals surface area contributed by atoms with Gasteiger partial charge in [0.2, 0.25) is 5.91 Å². The largest absolute Gasteiger partial charge is 0.356 e. The first kappa shape index (κ1) is 15.4. The Kier molecular flexibility index (Phi) is 6.25. The average Bonchev–Trinajstić information content (AvgIpc) is 2.67. The monoisotopic (exact) mass is 266 g/mol. The van der Waals surface area contributed by atoms with E-state index in [1.165, 1.54) is 18.6 Å². The number of imide groups is 1. The highest BCUT2D eigenvalue weighted by Crippen LogP contribution is 2.08. The van der Waals surface area contributed by atoms with E-state index >= 15 is 0 Å². The highest BCUT2D eigenvalue weighted by molar-refractivity contribution is 6.13. The van der Waals surface area contributed by atoms with Crippen molar-refractivity contribution in [2.24, 2.45) is 5.92 Å². The zero-order valence-corrected chi connectivity index (χ0v) is 11.6. The molecule has 0 fully saturated rings. The molecule has 1 aliphatic rings. The molecule has 1 rings (SSSR count). The van der Waals surface area contributed by atoms with Crippen molar-refractivity contribution in [3.8, 4) is 0 Å². The molecule has 5 nitrogen and oxygen atoms in total. The first-order valence-electron chi connectivity index (χ1n) is 6.84. The molecule has 1 heterocycles. The molecule has 0 aromatic heterocycles. The van der Waals surface area contributed by atoms with Crippen LogP contribution in [0.15, 0.2) is 12.2 Å². The fraction of sp³-hybridized carbons (Fsp3) is 0.643. The summed E-state index contributed by atoms with van der Waals surface area (Å²) in [6.07, 6.45) is 5.91. The molecule has 1 N–H and O–H groups in total. The quantitative estimate of drug-likeness (QED) is 0.672. The number of nitrogens with zero attached hydrogens (tertiary/aromatic N) is 1. The van der Waals surface area contributed by atoms with Crippen molar-refractivity contribution in [1.29, 1.82) is 0 Å². The number of nitrogens with one attached hydrogen (secondary N) is 1. The predicted molar refractivity (Wildman–Crippen MR) is 72.2 cm³/mol. The minimum atomic E-state index is -0.339. The molecule has 5 heteroatoms. The van der Waals surface area contributed by atoms with Crippen LogP contribution in [0, 0.1) is 5.92 Å². The molecule has 0 aliphatic carbocycles. The molecule has 0 radical (unpaired) electrons. The third-order valence-corrected chi connectivity index (χ3v) is 3.20. The van der Waals surface area contributed by atoms with Crippen molar-refractivity contribution in [3.63, 3.8) is 0 Å². The summed E-state index contributed by atoms with van der Waals surface area (Å²) in [5.41, 5.74) is 0. The number of rotatable bonds is 8. The van der Waals surface area contributed by atoms with Gasteiger partial charge in [0.15, 0.2) is 0 Å². The lowest BCUT2D eigenvalue weighted by Crippen LogP contribution is -2.35. The molecule has 1 atom stereocenters. The summed E-state index contributed by atoms with van der Waals surface area (Å²) in [5, 5.41) is 2.82. The van der Waals surface area contributed by atoms with Crippen LogP contribution in [-0.2, 0) is 14.4 Å². The minimum Gasteiger partial charge on any atom is -0.356 e. The van der Waals surface area contributed by atoms with E-state index < -0.39 is 0 Å². The Morgan fingerprint density at radius 1 is 1.26 bits per heavy atom. The minimum absolute atomic E-state index is 0.115. The van der Waals surface area contributed by atoms with Gasteiger partial charge >= 0.3 is 0 Å². The van der Waals surface area contributed by atoms with Crippen LogP contribution >= 0.6 is 0 Å². The molecule has 0 aromatic rings. The Balaban J connectivity index is 2.15. The van der Waals surface area contributed by atoms with Crippen LogP contribution in [0.1, 0.15) is 39.5 Å². The second-order valence-electron chi connectivity index (χ2n) is 4.94. The van der Waals surface area contributed by atoms with Crippen molar-refractivity contribution in [1.82, 2.24) is 10.2 Å². The van der Waals surface area contributed by atoms with Crippen LogP contribution in [0.4, 0.5) is 0 Å². The van der Waals surface area contributed by atoms with Gasteiger partial charge in [0.25, 0.3) is 11.8 Å². The number of carbonyl (C=O) groups is 3. The van der Waals surface area contributed by atoms with Gasteiger partial charge in [0.1, 0.15) is 0 Å². The molecule has 0 bridgehead atoms. The normalized spacial score (nSPS) is 16.0. The Bertz CT molecular complexity index is 359. The second-order valence-corrected chi connectivity index (χ2v) is 4.94. The predicted octanol–water partition coefficient (Wildman–Crippen LogP) is 1.24. The van der Waals surface area contributed by atoms with Gasteiger partial charge in [-0.25, -0.2) is 0 Å². The zero-order valence-electron chi connectivity index (χ0n) is 11.6. The molecule has 1 unspecified atom stereocenters. The van der Waals surface area contributed by atoms with Crippen molar-refractivity contribution < 1.29 is 14.4 Å².